The summed E-state index contributed by atoms with van der Waals surface area (Å²) in [6.45, 7) is 4.82. The van der Waals surface area contributed by atoms with Gasteiger partial charge in [-0.2, -0.15) is 0 Å². The molecule has 0 atom stereocenters. The highest BCUT2D eigenvalue weighted by atomic mass is 16.5. The highest BCUT2D eigenvalue weighted by Crippen LogP contribution is 2.11. The van der Waals surface area contributed by atoms with Crippen LogP contribution in [0.1, 0.15) is 17.0 Å². The summed E-state index contributed by atoms with van der Waals surface area (Å²) < 4.78 is 5.23. The van der Waals surface area contributed by atoms with Crippen molar-refractivity contribution >= 4 is 10.9 Å². The quantitative estimate of drug-likeness (QED) is 0.720. The van der Waals surface area contributed by atoms with E-state index in [-0.39, 0.29) is 5.56 Å². The molecular weight excluding hydrogens is 314 g/mol. The summed E-state index contributed by atoms with van der Waals surface area (Å²) >= 11 is 0. The summed E-state index contributed by atoms with van der Waals surface area (Å²) in [5.74, 6) is 0.673. The summed E-state index contributed by atoms with van der Waals surface area (Å²) in [6, 6.07) is 15.9. The number of hydrogen-bond acceptors (Lipinski definition) is 4. The Kier molecular flexibility index (Phi) is 5.58. The topological polar surface area (TPSA) is 58.2 Å². The van der Waals surface area contributed by atoms with Gasteiger partial charge in [0.05, 0.1) is 24.1 Å². The van der Waals surface area contributed by atoms with Crippen molar-refractivity contribution in [1.29, 1.82) is 0 Å². The number of hydrogen-bond donors (Lipinski definition) is 1. The van der Waals surface area contributed by atoms with Crippen molar-refractivity contribution in [3.63, 3.8) is 0 Å². The van der Waals surface area contributed by atoms with Crippen molar-refractivity contribution in [2.24, 2.45) is 0 Å². The van der Waals surface area contributed by atoms with Crippen LogP contribution in [0.25, 0.3) is 10.9 Å². The third-order valence-electron chi connectivity index (χ3n) is 4.17. The number of rotatable bonds is 7. The fourth-order valence-electron chi connectivity index (χ4n) is 2.81. The van der Waals surface area contributed by atoms with E-state index in [4.69, 9.17) is 4.74 Å². The molecule has 3 rings (SSSR count). The van der Waals surface area contributed by atoms with Crippen LogP contribution in [0.5, 0.6) is 0 Å². The first kappa shape index (κ1) is 17.3. The molecule has 0 unspecified atom stereocenters. The minimum absolute atomic E-state index is 0.0948. The molecule has 1 heterocycles. The van der Waals surface area contributed by atoms with Gasteiger partial charge >= 0.3 is 0 Å². The number of aromatic amines is 1. The lowest BCUT2D eigenvalue weighted by Crippen LogP contribution is -2.28. The molecular formula is C20H23N3O2. The molecule has 130 valence electrons. The number of aryl methyl sites for hydroxylation is 1. The minimum atomic E-state index is -0.0948. The maximum absolute atomic E-state index is 12.3. The van der Waals surface area contributed by atoms with Gasteiger partial charge in [-0.05, 0) is 24.6 Å². The third kappa shape index (κ3) is 4.53. The Balaban J connectivity index is 1.82. The Hall–Kier alpha value is -2.50. The fourth-order valence-corrected chi connectivity index (χ4v) is 2.81. The summed E-state index contributed by atoms with van der Waals surface area (Å²) in [5, 5.41) is 0.619. The lowest BCUT2D eigenvalue weighted by molar-refractivity contribution is 0.138. The highest BCUT2D eigenvalue weighted by Gasteiger charge is 2.10. The van der Waals surface area contributed by atoms with Crippen molar-refractivity contribution in [1.82, 2.24) is 14.9 Å². The maximum Gasteiger partial charge on any atom is 0.258 e. The molecule has 2 aromatic carbocycles. The second kappa shape index (κ2) is 8.05. The number of ether oxygens (including phenoxy) is 1. The molecule has 3 aromatic rings. The number of nitrogens with one attached hydrogen (secondary N) is 1. The monoisotopic (exact) mass is 337 g/mol. The average molecular weight is 337 g/mol. The van der Waals surface area contributed by atoms with E-state index in [1.165, 1.54) is 11.1 Å². The van der Waals surface area contributed by atoms with Gasteiger partial charge in [0.2, 0.25) is 0 Å². The van der Waals surface area contributed by atoms with Crippen molar-refractivity contribution < 1.29 is 4.74 Å². The molecule has 0 aliphatic rings. The van der Waals surface area contributed by atoms with E-state index in [0.717, 1.165) is 18.6 Å². The van der Waals surface area contributed by atoms with Crippen LogP contribution >= 0.6 is 0 Å². The average Bonchev–Trinajstić information content (AvgIpc) is 2.61. The SMILES string of the molecule is COCCN(Cc1ccc(C)cc1)Cc1nc2ccccc2c(=O)[nH]1. The van der Waals surface area contributed by atoms with Gasteiger partial charge in [-0.3, -0.25) is 9.69 Å². The van der Waals surface area contributed by atoms with E-state index < -0.39 is 0 Å². The molecule has 0 bridgehead atoms. The molecule has 1 aromatic heterocycles. The van der Waals surface area contributed by atoms with Gasteiger partial charge in [-0.25, -0.2) is 4.98 Å². The molecule has 5 nitrogen and oxygen atoms in total. The first-order chi connectivity index (χ1) is 12.2. The lowest BCUT2D eigenvalue weighted by Gasteiger charge is -2.21. The third-order valence-corrected chi connectivity index (χ3v) is 4.17. The number of aromatic nitrogens is 2. The first-order valence-corrected chi connectivity index (χ1v) is 8.40. The van der Waals surface area contributed by atoms with Crippen LogP contribution in [0.4, 0.5) is 0 Å². The summed E-state index contributed by atoms with van der Waals surface area (Å²) in [4.78, 5) is 22.0. The number of para-hydroxylation sites is 1. The van der Waals surface area contributed by atoms with Gasteiger partial charge < -0.3 is 9.72 Å². The molecule has 25 heavy (non-hydrogen) atoms. The predicted molar refractivity (Wildman–Crippen MR) is 99.5 cm³/mol. The molecule has 0 saturated heterocycles. The number of benzene rings is 2. The van der Waals surface area contributed by atoms with Crippen LogP contribution in [-0.2, 0) is 17.8 Å². The van der Waals surface area contributed by atoms with Gasteiger partial charge in [0.1, 0.15) is 5.82 Å². The van der Waals surface area contributed by atoms with Gasteiger partial charge in [-0.1, -0.05) is 42.0 Å². The van der Waals surface area contributed by atoms with E-state index in [1.54, 1.807) is 13.2 Å². The van der Waals surface area contributed by atoms with Gasteiger partial charge in [0.15, 0.2) is 0 Å². The van der Waals surface area contributed by atoms with E-state index in [0.29, 0.717) is 24.4 Å². The zero-order valence-corrected chi connectivity index (χ0v) is 14.7. The van der Waals surface area contributed by atoms with Crippen molar-refractivity contribution in [3.05, 3.63) is 75.8 Å². The number of methoxy groups -OCH3 is 1. The number of nitrogens with zero attached hydrogens (tertiary/aromatic N) is 2. The van der Waals surface area contributed by atoms with Crippen LogP contribution in [0.3, 0.4) is 0 Å². The number of fused-ring (bicyclic) bond motifs is 1. The van der Waals surface area contributed by atoms with Crippen LogP contribution in [0.15, 0.2) is 53.3 Å². The second-order valence-corrected chi connectivity index (χ2v) is 6.22. The lowest BCUT2D eigenvalue weighted by atomic mass is 10.1. The predicted octanol–water partition coefficient (Wildman–Crippen LogP) is 2.88. The van der Waals surface area contributed by atoms with Gasteiger partial charge in [0, 0.05) is 20.2 Å². The summed E-state index contributed by atoms with van der Waals surface area (Å²) in [5.41, 5.74) is 3.10. The molecule has 0 fully saturated rings. The smallest absolute Gasteiger partial charge is 0.258 e. The van der Waals surface area contributed by atoms with Crippen molar-refractivity contribution in [3.8, 4) is 0 Å². The zero-order valence-electron chi connectivity index (χ0n) is 14.7. The van der Waals surface area contributed by atoms with Crippen LogP contribution in [-0.4, -0.2) is 35.1 Å². The molecule has 5 heteroatoms. The van der Waals surface area contributed by atoms with Crippen LogP contribution in [0, 0.1) is 6.92 Å². The molecule has 0 radical (unpaired) electrons. The van der Waals surface area contributed by atoms with E-state index >= 15 is 0 Å². The largest absolute Gasteiger partial charge is 0.383 e. The molecule has 0 aliphatic carbocycles. The molecule has 0 saturated carbocycles. The standard InChI is InChI=1S/C20H23N3O2/c1-15-7-9-16(10-8-15)13-23(11-12-25-2)14-19-21-18-6-4-3-5-17(18)20(24)22-19/h3-10H,11-14H2,1-2H3,(H,21,22,24). The Morgan fingerprint density at radius 2 is 1.84 bits per heavy atom. The van der Waals surface area contributed by atoms with Crippen LogP contribution < -0.4 is 5.56 Å². The summed E-state index contributed by atoms with van der Waals surface area (Å²) in [7, 11) is 1.69. The Morgan fingerprint density at radius 3 is 2.60 bits per heavy atom. The maximum atomic E-state index is 12.3. The zero-order chi connectivity index (χ0) is 17.6. The molecule has 0 amide bonds. The number of H-pyrrole nitrogens is 1. The van der Waals surface area contributed by atoms with E-state index in [9.17, 15) is 4.79 Å². The Morgan fingerprint density at radius 1 is 1.08 bits per heavy atom. The molecule has 1 N–H and O–H groups in total. The second-order valence-electron chi connectivity index (χ2n) is 6.22. The van der Waals surface area contributed by atoms with Gasteiger partial charge in [-0.15, -0.1) is 0 Å². The minimum Gasteiger partial charge on any atom is -0.383 e. The highest BCUT2D eigenvalue weighted by molar-refractivity contribution is 5.77. The van der Waals surface area contributed by atoms with E-state index in [1.807, 2.05) is 18.2 Å². The Bertz CT molecular complexity index is 887. The fraction of sp³-hybridized carbons (Fsp3) is 0.300. The molecule has 0 spiro atoms. The first-order valence-electron chi connectivity index (χ1n) is 8.40. The van der Waals surface area contributed by atoms with Gasteiger partial charge in [0.25, 0.3) is 5.56 Å². The molecule has 0 aliphatic heterocycles. The summed E-state index contributed by atoms with van der Waals surface area (Å²) in [6.07, 6.45) is 0. The van der Waals surface area contributed by atoms with Crippen molar-refractivity contribution in [2.75, 3.05) is 20.3 Å². The normalized spacial score (nSPS) is 11.3. The van der Waals surface area contributed by atoms with Crippen LogP contribution in [0.2, 0.25) is 0 Å². The Labute approximate surface area is 147 Å². The van der Waals surface area contributed by atoms with Crippen molar-refractivity contribution in [2.45, 2.75) is 20.0 Å². The van der Waals surface area contributed by atoms with E-state index in [2.05, 4.69) is 46.1 Å².